The minimum atomic E-state index is -3.50. The van der Waals surface area contributed by atoms with Gasteiger partial charge in [0.1, 0.15) is 5.75 Å². The number of piperazine rings is 1. The summed E-state index contributed by atoms with van der Waals surface area (Å²) in [5, 5.41) is 0. The second-order valence-electron chi connectivity index (χ2n) is 7.59. The van der Waals surface area contributed by atoms with Crippen molar-refractivity contribution >= 4 is 15.7 Å². The van der Waals surface area contributed by atoms with Crippen LogP contribution in [0, 0.1) is 6.92 Å². The van der Waals surface area contributed by atoms with Crippen molar-refractivity contribution in [2.75, 3.05) is 51.8 Å². The van der Waals surface area contributed by atoms with Crippen molar-refractivity contribution in [3.63, 3.8) is 0 Å². The molecule has 1 aliphatic rings. The molecule has 158 valence electrons. The Balaban J connectivity index is 1.48. The number of nitrogens with one attached hydrogen (secondary N) is 1. The van der Waals surface area contributed by atoms with Crippen molar-refractivity contribution in [2.45, 2.75) is 24.7 Å². The predicted octanol–water partition coefficient (Wildman–Crippen LogP) is 2.67. The Hall–Kier alpha value is -2.09. The van der Waals surface area contributed by atoms with Crippen LogP contribution < -0.4 is 14.4 Å². The predicted molar refractivity (Wildman–Crippen MR) is 117 cm³/mol. The van der Waals surface area contributed by atoms with Crippen molar-refractivity contribution in [1.82, 2.24) is 9.62 Å². The van der Waals surface area contributed by atoms with E-state index in [2.05, 4.69) is 45.8 Å². The van der Waals surface area contributed by atoms with E-state index in [-0.39, 0.29) is 4.90 Å². The fourth-order valence-electron chi connectivity index (χ4n) is 3.54. The van der Waals surface area contributed by atoms with E-state index in [9.17, 15) is 8.42 Å². The highest BCUT2D eigenvalue weighted by molar-refractivity contribution is 7.89. The van der Waals surface area contributed by atoms with Gasteiger partial charge in [0.15, 0.2) is 0 Å². The van der Waals surface area contributed by atoms with Gasteiger partial charge in [0.2, 0.25) is 10.0 Å². The van der Waals surface area contributed by atoms with Gasteiger partial charge in [0, 0.05) is 38.4 Å². The standard InChI is InChI=1S/C22H31N3O3S/c1-18-17-21(10-11-22(18)28-3)29(26,27)23-12-4-5-19-6-8-20(9-7-19)25-15-13-24(2)14-16-25/h6-11,17,23H,4-5,12-16H2,1-3H3. The normalized spacial score (nSPS) is 15.5. The summed E-state index contributed by atoms with van der Waals surface area (Å²) in [6.07, 6.45) is 1.59. The molecule has 0 unspecified atom stereocenters. The third-order valence-electron chi connectivity index (χ3n) is 5.42. The lowest BCUT2D eigenvalue weighted by molar-refractivity contribution is 0.313. The molecule has 6 nitrogen and oxygen atoms in total. The van der Waals surface area contributed by atoms with E-state index in [0.29, 0.717) is 12.3 Å². The third-order valence-corrected chi connectivity index (χ3v) is 6.87. The molecule has 1 saturated heterocycles. The van der Waals surface area contributed by atoms with E-state index in [1.54, 1.807) is 25.3 Å². The molecular weight excluding hydrogens is 386 g/mol. The first-order valence-electron chi connectivity index (χ1n) is 10.1. The molecule has 7 heteroatoms. The molecule has 2 aromatic rings. The van der Waals surface area contributed by atoms with Crippen LogP contribution in [-0.2, 0) is 16.4 Å². The van der Waals surface area contributed by atoms with Gasteiger partial charge in [-0.1, -0.05) is 12.1 Å². The highest BCUT2D eigenvalue weighted by Gasteiger charge is 2.15. The zero-order valence-corrected chi connectivity index (χ0v) is 18.3. The Morgan fingerprint density at radius 3 is 2.34 bits per heavy atom. The van der Waals surface area contributed by atoms with Crippen LogP contribution in [0.15, 0.2) is 47.4 Å². The Kier molecular flexibility index (Phi) is 7.16. The fraction of sp³-hybridized carbons (Fsp3) is 0.455. The zero-order valence-electron chi connectivity index (χ0n) is 17.5. The number of anilines is 1. The molecule has 0 amide bonds. The number of nitrogens with zero attached hydrogens (tertiary/aromatic N) is 2. The number of methoxy groups -OCH3 is 1. The molecule has 3 rings (SSSR count). The number of likely N-dealkylation sites (N-methyl/N-ethyl adjacent to an activating group) is 1. The number of hydrogen-bond donors (Lipinski definition) is 1. The Bertz CT molecular complexity index is 905. The second kappa shape index (κ2) is 9.61. The first-order valence-corrected chi connectivity index (χ1v) is 11.5. The van der Waals surface area contributed by atoms with Gasteiger partial charge in [-0.05, 0) is 68.3 Å². The lowest BCUT2D eigenvalue weighted by atomic mass is 10.1. The van der Waals surface area contributed by atoms with E-state index >= 15 is 0 Å². The number of aryl methyl sites for hydroxylation is 2. The maximum atomic E-state index is 12.5. The second-order valence-corrected chi connectivity index (χ2v) is 9.36. The molecule has 0 spiro atoms. The molecule has 0 aromatic heterocycles. The number of benzene rings is 2. The van der Waals surface area contributed by atoms with Crippen molar-refractivity contribution in [3.05, 3.63) is 53.6 Å². The maximum Gasteiger partial charge on any atom is 0.240 e. The van der Waals surface area contributed by atoms with Crippen LogP contribution in [0.2, 0.25) is 0 Å². The highest BCUT2D eigenvalue weighted by atomic mass is 32.2. The summed E-state index contributed by atoms with van der Waals surface area (Å²) < 4.78 is 32.8. The van der Waals surface area contributed by atoms with E-state index in [1.807, 2.05) is 6.92 Å². The largest absolute Gasteiger partial charge is 0.496 e. The average molecular weight is 418 g/mol. The summed E-state index contributed by atoms with van der Waals surface area (Å²) in [5.41, 5.74) is 3.29. The number of sulfonamides is 1. The average Bonchev–Trinajstić information content (AvgIpc) is 2.72. The topological polar surface area (TPSA) is 61.9 Å². The van der Waals surface area contributed by atoms with Gasteiger partial charge in [0.25, 0.3) is 0 Å². The quantitative estimate of drug-likeness (QED) is 0.669. The molecule has 0 aliphatic carbocycles. The highest BCUT2D eigenvalue weighted by Crippen LogP contribution is 2.21. The Morgan fingerprint density at radius 2 is 1.72 bits per heavy atom. The summed E-state index contributed by atoms with van der Waals surface area (Å²) in [6, 6.07) is 13.5. The van der Waals surface area contributed by atoms with Crippen LogP contribution in [0.4, 0.5) is 5.69 Å². The minimum absolute atomic E-state index is 0.271. The first-order chi connectivity index (χ1) is 13.9. The summed E-state index contributed by atoms with van der Waals surface area (Å²) in [6.45, 7) is 6.55. The summed E-state index contributed by atoms with van der Waals surface area (Å²) >= 11 is 0. The lowest BCUT2D eigenvalue weighted by Crippen LogP contribution is -2.44. The van der Waals surface area contributed by atoms with E-state index in [4.69, 9.17) is 4.74 Å². The summed E-state index contributed by atoms with van der Waals surface area (Å²) in [4.78, 5) is 5.03. The molecule has 2 aromatic carbocycles. The van der Waals surface area contributed by atoms with Crippen molar-refractivity contribution < 1.29 is 13.2 Å². The van der Waals surface area contributed by atoms with Crippen molar-refractivity contribution in [2.24, 2.45) is 0 Å². The fourth-order valence-corrected chi connectivity index (χ4v) is 4.70. The molecule has 1 heterocycles. The number of hydrogen-bond acceptors (Lipinski definition) is 5. The van der Waals surface area contributed by atoms with E-state index in [1.165, 1.54) is 11.3 Å². The van der Waals surface area contributed by atoms with Gasteiger partial charge in [0.05, 0.1) is 12.0 Å². The van der Waals surface area contributed by atoms with Crippen LogP contribution in [0.1, 0.15) is 17.5 Å². The lowest BCUT2D eigenvalue weighted by Gasteiger charge is -2.34. The Morgan fingerprint density at radius 1 is 1.03 bits per heavy atom. The molecule has 1 N–H and O–H groups in total. The van der Waals surface area contributed by atoms with Gasteiger partial charge in [-0.3, -0.25) is 0 Å². The minimum Gasteiger partial charge on any atom is -0.496 e. The summed E-state index contributed by atoms with van der Waals surface area (Å²) in [5.74, 6) is 0.684. The number of ether oxygens (including phenoxy) is 1. The number of rotatable bonds is 8. The smallest absolute Gasteiger partial charge is 0.240 e. The molecule has 1 fully saturated rings. The van der Waals surface area contributed by atoms with Gasteiger partial charge < -0.3 is 14.5 Å². The molecule has 0 bridgehead atoms. The van der Waals surface area contributed by atoms with Gasteiger partial charge in [-0.25, -0.2) is 13.1 Å². The van der Waals surface area contributed by atoms with Crippen LogP contribution in [0.25, 0.3) is 0 Å². The zero-order chi connectivity index (χ0) is 20.9. The molecule has 29 heavy (non-hydrogen) atoms. The van der Waals surface area contributed by atoms with Gasteiger partial charge in [-0.15, -0.1) is 0 Å². The van der Waals surface area contributed by atoms with Crippen LogP contribution in [-0.4, -0.2) is 60.2 Å². The third kappa shape index (κ3) is 5.72. The van der Waals surface area contributed by atoms with Gasteiger partial charge >= 0.3 is 0 Å². The van der Waals surface area contributed by atoms with Crippen LogP contribution in [0.3, 0.4) is 0 Å². The van der Waals surface area contributed by atoms with Crippen molar-refractivity contribution in [1.29, 1.82) is 0 Å². The Labute approximate surface area is 174 Å². The molecular formula is C22H31N3O3S. The van der Waals surface area contributed by atoms with E-state index < -0.39 is 10.0 Å². The van der Waals surface area contributed by atoms with E-state index in [0.717, 1.165) is 44.6 Å². The molecule has 0 radical (unpaired) electrons. The monoisotopic (exact) mass is 417 g/mol. The van der Waals surface area contributed by atoms with Crippen LogP contribution in [0.5, 0.6) is 5.75 Å². The molecule has 0 atom stereocenters. The van der Waals surface area contributed by atoms with Gasteiger partial charge in [-0.2, -0.15) is 0 Å². The first kappa shape index (κ1) is 21.6. The SMILES string of the molecule is COc1ccc(S(=O)(=O)NCCCc2ccc(N3CCN(C)CC3)cc2)cc1C. The molecule has 1 aliphatic heterocycles. The maximum absolute atomic E-state index is 12.5. The van der Waals surface area contributed by atoms with Crippen molar-refractivity contribution in [3.8, 4) is 5.75 Å². The van der Waals surface area contributed by atoms with Crippen LogP contribution >= 0.6 is 0 Å². The summed E-state index contributed by atoms with van der Waals surface area (Å²) in [7, 11) is 0.229. The molecule has 0 saturated carbocycles.